The fourth-order valence-corrected chi connectivity index (χ4v) is 1.59. The lowest BCUT2D eigenvalue weighted by Gasteiger charge is -2.16. The molecule has 2 unspecified atom stereocenters. The van der Waals surface area contributed by atoms with Gasteiger partial charge in [-0.05, 0) is 11.8 Å². The molecule has 0 saturated heterocycles. The summed E-state index contributed by atoms with van der Waals surface area (Å²) in [5.74, 6) is -0.412. The summed E-state index contributed by atoms with van der Waals surface area (Å²) >= 11 is 6.29. The van der Waals surface area contributed by atoms with Gasteiger partial charge in [-0.15, -0.1) is 0 Å². The average Bonchev–Trinajstić information content (AvgIpc) is 2.30. The number of hydrogen-bond acceptors (Lipinski definition) is 4. The van der Waals surface area contributed by atoms with Crippen LogP contribution >= 0.6 is 31.9 Å². The van der Waals surface area contributed by atoms with Gasteiger partial charge in [-0.25, -0.2) is 0 Å². The Morgan fingerprint density at radius 1 is 0.833 bits per heavy atom. The number of alkyl halides is 2. The van der Waals surface area contributed by atoms with Crippen LogP contribution in [0.5, 0.6) is 0 Å². The van der Waals surface area contributed by atoms with Gasteiger partial charge in [-0.3, -0.25) is 9.59 Å². The molecule has 0 bridgehead atoms. The Hall–Kier alpha value is -0.100. The third-order valence-electron chi connectivity index (χ3n) is 1.83. The number of rotatable bonds is 7. The van der Waals surface area contributed by atoms with Gasteiger partial charge in [-0.1, -0.05) is 59.6 Å². The van der Waals surface area contributed by atoms with Crippen molar-refractivity contribution >= 4 is 43.8 Å². The van der Waals surface area contributed by atoms with Gasteiger partial charge < -0.3 is 9.47 Å². The van der Waals surface area contributed by atoms with E-state index in [9.17, 15) is 9.59 Å². The predicted molar refractivity (Wildman–Crippen MR) is 77.0 cm³/mol. The van der Waals surface area contributed by atoms with Crippen LogP contribution in [0.15, 0.2) is 0 Å². The van der Waals surface area contributed by atoms with Crippen LogP contribution in [0.4, 0.5) is 0 Å². The Morgan fingerprint density at radius 2 is 1.11 bits per heavy atom. The highest BCUT2D eigenvalue weighted by Crippen LogP contribution is 2.18. The van der Waals surface area contributed by atoms with Crippen molar-refractivity contribution in [1.29, 1.82) is 0 Å². The molecule has 0 aromatic rings. The Kier molecular flexibility index (Phi) is 8.86. The van der Waals surface area contributed by atoms with Gasteiger partial charge in [0.25, 0.3) is 0 Å². The van der Waals surface area contributed by atoms with E-state index >= 15 is 0 Å². The molecular formula is C12H20Br2O4. The van der Waals surface area contributed by atoms with Gasteiger partial charge in [0.05, 0.1) is 13.2 Å². The first-order chi connectivity index (χ1) is 8.25. The van der Waals surface area contributed by atoms with Crippen LogP contribution in [0.1, 0.15) is 27.7 Å². The van der Waals surface area contributed by atoms with Gasteiger partial charge in [0.15, 0.2) is 0 Å². The number of halogens is 2. The van der Waals surface area contributed by atoms with Crippen LogP contribution in [0, 0.1) is 11.8 Å². The van der Waals surface area contributed by atoms with E-state index in [1.807, 2.05) is 27.7 Å². The van der Waals surface area contributed by atoms with E-state index in [4.69, 9.17) is 9.47 Å². The second-order valence-electron chi connectivity index (χ2n) is 4.85. The molecule has 18 heavy (non-hydrogen) atoms. The van der Waals surface area contributed by atoms with Crippen molar-refractivity contribution in [2.75, 3.05) is 13.2 Å². The third-order valence-corrected chi connectivity index (χ3v) is 4.34. The van der Waals surface area contributed by atoms with Crippen LogP contribution in [0.3, 0.4) is 0 Å². The average molecular weight is 388 g/mol. The maximum atomic E-state index is 11.6. The summed E-state index contributed by atoms with van der Waals surface area (Å²) in [6, 6.07) is 0. The number of hydrogen-bond donors (Lipinski definition) is 0. The first-order valence-corrected chi connectivity index (χ1v) is 7.70. The zero-order chi connectivity index (χ0) is 14.3. The van der Waals surface area contributed by atoms with Crippen molar-refractivity contribution in [3.05, 3.63) is 0 Å². The monoisotopic (exact) mass is 386 g/mol. The molecule has 0 aliphatic carbocycles. The topological polar surface area (TPSA) is 52.6 Å². The third kappa shape index (κ3) is 7.36. The molecule has 0 fully saturated rings. The summed E-state index contributed by atoms with van der Waals surface area (Å²) < 4.78 is 10.1. The van der Waals surface area contributed by atoms with Gasteiger partial charge >= 0.3 is 11.9 Å². The number of ether oxygens (including phenoxy) is 2. The van der Waals surface area contributed by atoms with Gasteiger partial charge in [0.2, 0.25) is 0 Å². The molecule has 0 radical (unpaired) electrons. The number of carbonyl (C=O) groups is 2. The Balaban J connectivity index is 4.18. The molecule has 0 rings (SSSR count). The molecule has 0 heterocycles. The Bertz CT molecular complexity index is 251. The van der Waals surface area contributed by atoms with Gasteiger partial charge in [0.1, 0.15) is 9.65 Å². The molecule has 6 heteroatoms. The maximum absolute atomic E-state index is 11.6. The van der Waals surface area contributed by atoms with Crippen molar-refractivity contribution in [3.8, 4) is 0 Å². The van der Waals surface area contributed by atoms with E-state index in [-0.39, 0.29) is 11.8 Å². The minimum absolute atomic E-state index is 0.260. The molecule has 0 saturated carbocycles. The lowest BCUT2D eigenvalue weighted by molar-refractivity contribution is -0.149. The highest BCUT2D eigenvalue weighted by Gasteiger charge is 2.32. The van der Waals surface area contributed by atoms with Crippen molar-refractivity contribution in [1.82, 2.24) is 0 Å². The van der Waals surface area contributed by atoms with E-state index in [1.165, 1.54) is 0 Å². The van der Waals surface area contributed by atoms with Crippen LogP contribution in [-0.4, -0.2) is 34.8 Å². The second-order valence-corrected chi connectivity index (χ2v) is 6.82. The molecule has 0 spiro atoms. The molecule has 0 amide bonds. The molecule has 0 aliphatic heterocycles. The molecule has 0 aliphatic rings. The molecule has 106 valence electrons. The van der Waals surface area contributed by atoms with E-state index in [0.29, 0.717) is 13.2 Å². The maximum Gasteiger partial charge on any atom is 0.321 e. The number of esters is 2. The molecular weight excluding hydrogens is 368 g/mol. The largest absolute Gasteiger partial charge is 0.465 e. The summed E-state index contributed by atoms with van der Waals surface area (Å²) in [5.41, 5.74) is 0. The van der Waals surface area contributed by atoms with Crippen molar-refractivity contribution in [2.45, 2.75) is 37.3 Å². The van der Waals surface area contributed by atoms with Crippen LogP contribution in [0.25, 0.3) is 0 Å². The normalized spacial score (nSPS) is 14.4. The summed E-state index contributed by atoms with van der Waals surface area (Å²) in [6.07, 6.45) is 0. The smallest absolute Gasteiger partial charge is 0.321 e. The zero-order valence-corrected chi connectivity index (χ0v) is 14.3. The summed E-state index contributed by atoms with van der Waals surface area (Å²) in [4.78, 5) is 21.8. The van der Waals surface area contributed by atoms with E-state index in [2.05, 4.69) is 31.9 Å². The van der Waals surface area contributed by atoms with Gasteiger partial charge in [0, 0.05) is 0 Å². The molecule has 0 aromatic heterocycles. The van der Waals surface area contributed by atoms with Crippen molar-refractivity contribution in [2.24, 2.45) is 11.8 Å². The summed E-state index contributed by atoms with van der Waals surface area (Å²) in [7, 11) is 0. The standard InChI is InChI=1S/C12H20Br2O4/c1-7(2)5-17-11(15)9(13)10(14)12(16)18-6-8(3)4/h7-10H,5-6H2,1-4H3. The fourth-order valence-electron chi connectivity index (χ4n) is 0.896. The zero-order valence-electron chi connectivity index (χ0n) is 11.1. The molecule has 0 aromatic carbocycles. The number of carbonyl (C=O) groups excluding carboxylic acids is 2. The first-order valence-electron chi connectivity index (χ1n) is 5.87. The van der Waals surface area contributed by atoms with E-state index in [1.54, 1.807) is 0 Å². The fraction of sp³-hybridized carbons (Fsp3) is 0.833. The lowest BCUT2D eigenvalue weighted by atomic mass is 10.2. The molecule has 0 N–H and O–H groups in total. The van der Waals surface area contributed by atoms with Crippen molar-refractivity contribution < 1.29 is 19.1 Å². The quantitative estimate of drug-likeness (QED) is 0.497. The predicted octanol–water partition coefficient (Wildman–Crippen LogP) is 2.91. The lowest BCUT2D eigenvalue weighted by Crippen LogP contribution is -2.34. The SMILES string of the molecule is CC(C)COC(=O)C(Br)C(Br)C(=O)OCC(C)C. The minimum atomic E-state index is -0.740. The Morgan fingerprint density at radius 3 is 1.33 bits per heavy atom. The second kappa shape index (κ2) is 8.91. The van der Waals surface area contributed by atoms with Crippen molar-refractivity contribution in [3.63, 3.8) is 0 Å². The first kappa shape index (κ1) is 17.9. The minimum Gasteiger partial charge on any atom is -0.465 e. The van der Waals surface area contributed by atoms with Crippen LogP contribution in [0.2, 0.25) is 0 Å². The van der Waals surface area contributed by atoms with E-state index in [0.717, 1.165) is 0 Å². The van der Waals surface area contributed by atoms with E-state index < -0.39 is 21.6 Å². The van der Waals surface area contributed by atoms with Crippen LogP contribution in [-0.2, 0) is 19.1 Å². The van der Waals surface area contributed by atoms with Crippen LogP contribution < -0.4 is 0 Å². The Labute approximate surface area is 125 Å². The summed E-state index contributed by atoms with van der Waals surface area (Å²) in [5, 5.41) is 0. The molecule has 2 atom stereocenters. The van der Waals surface area contributed by atoms with Gasteiger partial charge in [-0.2, -0.15) is 0 Å². The highest BCUT2D eigenvalue weighted by molar-refractivity contribution is 9.12. The summed E-state index contributed by atoms with van der Waals surface area (Å²) in [6.45, 7) is 8.44. The molecule has 4 nitrogen and oxygen atoms in total. The highest BCUT2D eigenvalue weighted by atomic mass is 79.9.